The van der Waals surface area contributed by atoms with Crippen LogP contribution >= 0.6 is 0 Å². The molecule has 0 aromatic heterocycles. The van der Waals surface area contributed by atoms with E-state index in [1.165, 1.54) is 7.05 Å². The summed E-state index contributed by atoms with van der Waals surface area (Å²) in [6.07, 6.45) is 2.46. The first kappa shape index (κ1) is 20.7. The van der Waals surface area contributed by atoms with Gasteiger partial charge in [-0.25, -0.2) is 0 Å². The Bertz CT molecular complexity index is 676. The minimum Gasteiger partial charge on any atom is -0.496 e. The van der Waals surface area contributed by atoms with Crippen LogP contribution in [0.5, 0.6) is 5.75 Å². The van der Waals surface area contributed by atoms with Crippen LogP contribution in [-0.4, -0.2) is 50.0 Å². The molecule has 148 valence electrons. The fourth-order valence-electron chi connectivity index (χ4n) is 3.40. The number of likely N-dealkylation sites (N-methyl/N-ethyl adjacent to an activating group) is 1. The Morgan fingerprint density at radius 1 is 1.30 bits per heavy atom. The Kier molecular flexibility index (Phi) is 7.64. The predicted octanol–water partition coefficient (Wildman–Crippen LogP) is 2.06. The van der Waals surface area contributed by atoms with E-state index in [1.54, 1.807) is 12.0 Å². The number of carbonyl (C=O) groups is 3. The number of rotatable bonds is 8. The lowest BCUT2D eigenvalue weighted by Crippen LogP contribution is -2.46. The molecule has 0 unspecified atom stereocenters. The van der Waals surface area contributed by atoms with E-state index in [0.29, 0.717) is 18.7 Å². The average molecular weight is 376 g/mol. The number of amides is 2. The van der Waals surface area contributed by atoms with E-state index in [0.717, 1.165) is 18.4 Å². The fourth-order valence-corrected chi connectivity index (χ4v) is 3.40. The van der Waals surface area contributed by atoms with E-state index >= 15 is 0 Å². The van der Waals surface area contributed by atoms with Gasteiger partial charge in [0.15, 0.2) is 6.61 Å². The van der Waals surface area contributed by atoms with Crippen LogP contribution in [-0.2, 0) is 19.1 Å². The van der Waals surface area contributed by atoms with Gasteiger partial charge in [-0.1, -0.05) is 31.5 Å². The number of methoxy groups -OCH3 is 1. The summed E-state index contributed by atoms with van der Waals surface area (Å²) in [7, 11) is 3.05. The van der Waals surface area contributed by atoms with E-state index in [1.807, 2.05) is 24.3 Å². The molecule has 0 bridgehead atoms. The number of benzene rings is 1. The maximum absolute atomic E-state index is 12.7. The third-order valence-corrected chi connectivity index (χ3v) is 4.84. The highest BCUT2D eigenvalue weighted by atomic mass is 16.5. The smallest absolute Gasteiger partial charge is 0.311 e. The molecule has 1 aromatic carbocycles. The number of ether oxygens (including phenoxy) is 2. The van der Waals surface area contributed by atoms with Crippen LogP contribution < -0.4 is 10.1 Å². The van der Waals surface area contributed by atoms with Gasteiger partial charge in [0, 0.05) is 25.6 Å². The summed E-state index contributed by atoms with van der Waals surface area (Å²) in [4.78, 5) is 38.6. The van der Waals surface area contributed by atoms with Crippen molar-refractivity contribution in [1.29, 1.82) is 0 Å². The number of carbonyl (C=O) groups excluding carboxylic acids is 3. The molecule has 2 rings (SSSR count). The van der Waals surface area contributed by atoms with E-state index in [9.17, 15) is 14.4 Å². The number of likely N-dealkylation sites (tertiary alicyclic amines) is 1. The molecule has 2 atom stereocenters. The maximum Gasteiger partial charge on any atom is 0.311 e. The van der Waals surface area contributed by atoms with Crippen LogP contribution in [0.2, 0.25) is 0 Å². The van der Waals surface area contributed by atoms with Gasteiger partial charge in [0.05, 0.1) is 19.1 Å². The van der Waals surface area contributed by atoms with Gasteiger partial charge in [0.25, 0.3) is 5.91 Å². The summed E-state index contributed by atoms with van der Waals surface area (Å²) in [6, 6.07) is 6.94. The summed E-state index contributed by atoms with van der Waals surface area (Å²) in [5.41, 5.74) is 0.783. The van der Waals surface area contributed by atoms with E-state index in [4.69, 9.17) is 9.47 Å². The molecular formula is C20H28N2O5. The van der Waals surface area contributed by atoms with Crippen LogP contribution in [0.15, 0.2) is 24.3 Å². The third-order valence-electron chi connectivity index (χ3n) is 4.84. The Morgan fingerprint density at radius 2 is 2.04 bits per heavy atom. The van der Waals surface area contributed by atoms with Crippen molar-refractivity contribution < 1.29 is 23.9 Å². The largest absolute Gasteiger partial charge is 0.496 e. The Labute approximate surface area is 160 Å². The molecular weight excluding hydrogens is 348 g/mol. The second-order valence-corrected chi connectivity index (χ2v) is 6.55. The zero-order chi connectivity index (χ0) is 19.8. The summed E-state index contributed by atoms with van der Waals surface area (Å²) < 4.78 is 10.7. The number of para-hydroxylation sites is 1. The highest BCUT2D eigenvalue weighted by Gasteiger charge is 2.42. The van der Waals surface area contributed by atoms with E-state index < -0.39 is 17.9 Å². The fraction of sp³-hybridized carbons (Fsp3) is 0.550. The molecule has 1 saturated heterocycles. The average Bonchev–Trinajstić information content (AvgIpc) is 2.70. The van der Waals surface area contributed by atoms with Gasteiger partial charge < -0.3 is 19.7 Å². The second-order valence-electron chi connectivity index (χ2n) is 6.55. The molecule has 0 spiro atoms. The molecule has 1 fully saturated rings. The van der Waals surface area contributed by atoms with Gasteiger partial charge in [0.2, 0.25) is 5.91 Å². The molecule has 27 heavy (non-hydrogen) atoms. The van der Waals surface area contributed by atoms with Gasteiger partial charge in [-0.15, -0.1) is 0 Å². The molecule has 2 amide bonds. The molecule has 1 aliphatic heterocycles. The Hall–Kier alpha value is -2.57. The van der Waals surface area contributed by atoms with Gasteiger partial charge >= 0.3 is 5.97 Å². The van der Waals surface area contributed by atoms with Crippen LogP contribution in [0.3, 0.4) is 0 Å². The third kappa shape index (κ3) is 4.99. The van der Waals surface area contributed by atoms with Crippen LogP contribution in [0.4, 0.5) is 0 Å². The molecule has 1 N–H and O–H groups in total. The zero-order valence-corrected chi connectivity index (χ0v) is 16.2. The Balaban J connectivity index is 2.36. The summed E-state index contributed by atoms with van der Waals surface area (Å²) >= 11 is 0. The molecule has 7 nitrogen and oxygen atoms in total. The number of esters is 1. The predicted molar refractivity (Wildman–Crippen MR) is 100 cm³/mol. The first-order chi connectivity index (χ1) is 13.0. The van der Waals surface area contributed by atoms with Crippen molar-refractivity contribution in [2.75, 3.05) is 27.3 Å². The number of hydrogen-bond donors (Lipinski definition) is 1. The normalized spacial score (nSPS) is 19.5. The van der Waals surface area contributed by atoms with Crippen molar-refractivity contribution in [2.24, 2.45) is 5.92 Å². The highest BCUT2D eigenvalue weighted by Crippen LogP contribution is 2.41. The number of piperidine rings is 1. The highest BCUT2D eigenvalue weighted by molar-refractivity contribution is 5.84. The van der Waals surface area contributed by atoms with Crippen LogP contribution in [0.25, 0.3) is 0 Å². The van der Waals surface area contributed by atoms with Crippen molar-refractivity contribution in [1.82, 2.24) is 10.2 Å². The van der Waals surface area contributed by atoms with Gasteiger partial charge in [0.1, 0.15) is 5.75 Å². The standard InChI is InChI=1S/C20H28N2O5/c1-4-5-12-22-18(24)11-10-15(20(25)27-13-17(23)21-2)19(22)14-8-6-7-9-16(14)26-3/h6-9,15,19H,4-5,10-13H2,1-3H3,(H,21,23)/t15-,19+/m0/s1. The van der Waals surface area contributed by atoms with Gasteiger partial charge in [-0.05, 0) is 18.9 Å². The summed E-state index contributed by atoms with van der Waals surface area (Å²) in [5.74, 6) is -0.728. The summed E-state index contributed by atoms with van der Waals surface area (Å²) in [5, 5.41) is 2.43. The topological polar surface area (TPSA) is 84.9 Å². The lowest BCUT2D eigenvalue weighted by molar-refractivity contribution is -0.159. The molecule has 1 aromatic rings. The summed E-state index contributed by atoms with van der Waals surface area (Å²) in [6.45, 7) is 2.30. The van der Waals surface area contributed by atoms with Crippen molar-refractivity contribution in [2.45, 2.75) is 38.6 Å². The monoisotopic (exact) mass is 376 g/mol. The number of hydrogen-bond acceptors (Lipinski definition) is 5. The van der Waals surface area contributed by atoms with Crippen LogP contribution in [0.1, 0.15) is 44.2 Å². The second kappa shape index (κ2) is 9.94. The van der Waals surface area contributed by atoms with Gasteiger partial charge in [-0.2, -0.15) is 0 Å². The number of unbranched alkanes of at least 4 members (excludes halogenated alkanes) is 1. The zero-order valence-electron chi connectivity index (χ0n) is 16.2. The SMILES string of the molecule is CCCCN1C(=O)CC[C@H](C(=O)OCC(=O)NC)[C@H]1c1ccccc1OC. The van der Waals surface area contributed by atoms with Gasteiger partial charge in [-0.3, -0.25) is 14.4 Å². The number of nitrogens with zero attached hydrogens (tertiary/aromatic N) is 1. The maximum atomic E-state index is 12.7. The van der Waals surface area contributed by atoms with Crippen molar-refractivity contribution in [3.05, 3.63) is 29.8 Å². The quantitative estimate of drug-likeness (QED) is 0.702. The van der Waals surface area contributed by atoms with Crippen LogP contribution in [0, 0.1) is 5.92 Å². The molecule has 0 aliphatic carbocycles. The van der Waals surface area contributed by atoms with E-state index in [2.05, 4.69) is 12.2 Å². The number of nitrogens with one attached hydrogen (secondary N) is 1. The molecule has 1 aliphatic rings. The lowest BCUT2D eigenvalue weighted by atomic mass is 9.83. The van der Waals surface area contributed by atoms with E-state index in [-0.39, 0.29) is 24.8 Å². The molecule has 1 heterocycles. The van der Waals surface area contributed by atoms with Crippen molar-refractivity contribution in [3.63, 3.8) is 0 Å². The first-order valence-electron chi connectivity index (χ1n) is 9.33. The lowest BCUT2D eigenvalue weighted by Gasteiger charge is -2.40. The minimum atomic E-state index is -0.541. The van der Waals surface area contributed by atoms with Crippen molar-refractivity contribution in [3.8, 4) is 5.75 Å². The molecule has 0 saturated carbocycles. The molecule has 0 radical (unpaired) electrons. The molecule has 7 heteroatoms. The minimum absolute atomic E-state index is 0.0229. The first-order valence-corrected chi connectivity index (χ1v) is 9.33. The Morgan fingerprint density at radius 3 is 2.70 bits per heavy atom. The van der Waals surface area contributed by atoms with Crippen molar-refractivity contribution >= 4 is 17.8 Å².